The number of phenols is 1. The van der Waals surface area contributed by atoms with Crippen molar-refractivity contribution >= 4 is 15.7 Å². The molecule has 1 N–H and O–H groups in total. The van der Waals surface area contributed by atoms with Crippen LogP contribution in [0.4, 0.5) is 0 Å². The van der Waals surface area contributed by atoms with Crippen LogP contribution in [-0.4, -0.2) is 48.9 Å². The molecular weight excluding hydrogens is 266 g/mol. The highest BCUT2D eigenvalue weighted by Crippen LogP contribution is 2.23. The zero-order chi connectivity index (χ0) is 14.2. The second kappa shape index (κ2) is 4.85. The number of benzene rings is 1. The summed E-state index contributed by atoms with van der Waals surface area (Å²) in [6, 6.07) is 4.48. The van der Waals surface area contributed by atoms with E-state index in [1.165, 1.54) is 11.0 Å². The van der Waals surface area contributed by atoms with E-state index in [0.717, 1.165) is 0 Å². The third kappa shape index (κ3) is 2.73. The van der Waals surface area contributed by atoms with Crippen LogP contribution in [0.5, 0.6) is 5.75 Å². The van der Waals surface area contributed by atoms with Crippen molar-refractivity contribution in [3.63, 3.8) is 0 Å². The smallest absolute Gasteiger partial charge is 0.254 e. The largest absolute Gasteiger partial charge is 0.508 e. The lowest BCUT2D eigenvalue weighted by atomic mass is 10.1. The first-order valence-electron chi connectivity index (χ1n) is 6.08. The van der Waals surface area contributed by atoms with Crippen LogP contribution in [0.3, 0.4) is 0 Å². The molecule has 0 radical (unpaired) electrons. The standard InChI is InChI=1S/C13H17NO4S/c1-9-11(4-3-5-12(9)15)13(16)14(2)10-6-7-19(17,18)8-10/h3-5,10,15H,6-8H2,1-2H3. The predicted octanol–water partition coefficient (Wildman–Crippen LogP) is 0.960. The molecule has 1 atom stereocenters. The summed E-state index contributed by atoms with van der Waals surface area (Å²) in [6.45, 7) is 1.67. The van der Waals surface area contributed by atoms with E-state index in [4.69, 9.17) is 0 Å². The van der Waals surface area contributed by atoms with Crippen molar-refractivity contribution in [1.82, 2.24) is 4.90 Å². The van der Waals surface area contributed by atoms with E-state index in [1.807, 2.05) is 0 Å². The van der Waals surface area contributed by atoms with Gasteiger partial charge in [-0.1, -0.05) is 6.07 Å². The molecule has 1 heterocycles. The second-order valence-corrected chi connectivity index (χ2v) is 7.15. The molecule has 5 nitrogen and oxygen atoms in total. The van der Waals surface area contributed by atoms with Gasteiger partial charge in [0.1, 0.15) is 5.75 Å². The van der Waals surface area contributed by atoms with Crippen LogP contribution in [0.15, 0.2) is 18.2 Å². The Hall–Kier alpha value is -1.56. The van der Waals surface area contributed by atoms with Gasteiger partial charge in [-0.25, -0.2) is 8.42 Å². The van der Waals surface area contributed by atoms with Gasteiger partial charge in [0.15, 0.2) is 9.84 Å². The number of aromatic hydroxyl groups is 1. The van der Waals surface area contributed by atoms with Gasteiger partial charge in [0, 0.05) is 24.2 Å². The summed E-state index contributed by atoms with van der Waals surface area (Å²) in [5.41, 5.74) is 0.923. The maximum Gasteiger partial charge on any atom is 0.254 e. The number of nitrogens with zero attached hydrogens (tertiary/aromatic N) is 1. The van der Waals surface area contributed by atoms with Crippen LogP contribution in [0.1, 0.15) is 22.3 Å². The van der Waals surface area contributed by atoms with Gasteiger partial charge in [-0.05, 0) is 25.5 Å². The number of hydrogen-bond donors (Lipinski definition) is 1. The monoisotopic (exact) mass is 283 g/mol. The molecule has 1 amide bonds. The third-order valence-electron chi connectivity index (χ3n) is 3.61. The Kier molecular flexibility index (Phi) is 3.54. The number of amides is 1. The van der Waals surface area contributed by atoms with Crippen molar-refractivity contribution < 1.29 is 18.3 Å². The minimum Gasteiger partial charge on any atom is -0.508 e. The number of hydrogen-bond acceptors (Lipinski definition) is 4. The molecular formula is C13H17NO4S. The van der Waals surface area contributed by atoms with Crippen LogP contribution in [0, 0.1) is 6.92 Å². The predicted molar refractivity (Wildman–Crippen MR) is 72.0 cm³/mol. The van der Waals surface area contributed by atoms with Gasteiger partial charge >= 0.3 is 0 Å². The maximum absolute atomic E-state index is 12.3. The van der Waals surface area contributed by atoms with Gasteiger partial charge in [-0.3, -0.25) is 4.79 Å². The first-order chi connectivity index (χ1) is 8.82. The van der Waals surface area contributed by atoms with E-state index < -0.39 is 9.84 Å². The summed E-state index contributed by atoms with van der Waals surface area (Å²) in [5.74, 6) is -0.0321. The van der Waals surface area contributed by atoms with Gasteiger partial charge in [-0.15, -0.1) is 0 Å². The fraction of sp³-hybridized carbons (Fsp3) is 0.462. The zero-order valence-electron chi connectivity index (χ0n) is 11.0. The Balaban J connectivity index is 2.23. The third-order valence-corrected chi connectivity index (χ3v) is 5.36. The van der Waals surface area contributed by atoms with E-state index in [2.05, 4.69) is 0 Å². The van der Waals surface area contributed by atoms with Crippen LogP contribution in [-0.2, 0) is 9.84 Å². The molecule has 1 aromatic carbocycles. The molecule has 1 aliphatic heterocycles. The molecule has 1 unspecified atom stereocenters. The molecule has 6 heteroatoms. The molecule has 0 bridgehead atoms. The van der Waals surface area contributed by atoms with Gasteiger partial charge in [0.2, 0.25) is 0 Å². The molecule has 19 heavy (non-hydrogen) atoms. The Morgan fingerprint density at radius 1 is 1.42 bits per heavy atom. The van der Waals surface area contributed by atoms with Crippen LogP contribution in [0.25, 0.3) is 0 Å². The van der Waals surface area contributed by atoms with Crippen LogP contribution >= 0.6 is 0 Å². The number of rotatable bonds is 2. The number of sulfone groups is 1. The summed E-state index contributed by atoms with van der Waals surface area (Å²) < 4.78 is 22.9. The van der Waals surface area contributed by atoms with Crippen molar-refractivity contribution in [3.05, 3.63) is 29.3 Å². The minimum absolute atomic E-state index is 0.0209. The van der Waals surface area contributed by atoms with Crippen molar-refractivity contribution in [2.75, 3.05) is 18.6 Å². The lowest BCUT2D eigenvalue weighted by Crippen LogP contribution is -2.38. The zero-order valence-corrected chi connectivity index (χ0v) is 11.8. The normalized spacial score (nSPS) is 21.3. The van der Waals surface area contributed by atoms with Gasteiger partial charge in [0.05, 0.1) is 11.5 Å². The fourth-order valence-electron chi connectivity index (χ4n) is 2.29. The fourth-order valence-corrected chi connectivity index (χ4v) is 4.07. The van der Waals surface area contributed by atoms with Crippen LogP contribution in [0.2, 0.25) is 0 Å². The summed E-state index contributed by atoms with van der Waals surface area (Å²) in [6.07, 6.45) is 0.475. The summed E-state index contributed by atoms with van der Waals surface area (Å²) in [7, 11) is -1.41. The van der Waals surface area contributed by atoms with Crippen molar-refractivity contribution in [1.29, 1.82) is 0 Å². The maximum atomic E-state index is 12.3. The quantitative estimate of drug-likeness (QED) is 0.877. The van der Waals surface area contributed by atoms with Gasteiger partial charge in [0.25, 0.3) is 5.91 Å². The van der Waals surface area contributed by atoms with E-state index in [-0.39, 0.29) is 29.2 Å². The molecule has 0 saturated carbocycles. The SMILES string of the molecule is Cc1c(O)cccc1C(=O)N(C)C1CCS(=O)(=O)C1. The van der Waals surface area contributed by atoms with Gasteiger partial charge < -0.3 is 10.0 Å². The molecule has 0 aliphatic carbocycles. The minimum atomic E-state index is -3.02. The van der Waals surface area contributed by atoms with Crippen molar-refractivity contribution in [2.45, 2.75) is 19.4 Å². The molecule has 104 valence electrons. The molecule has 1 saturated heterocycles. The van der Waals surface area contributed by atoms with E-state index in [0.29, 0.717) is 17.5 Å². The molecule has 1 fully saturated rings. The highest BCUT2D eigenvalue weighted by Gasteiger charge is 2.33. The Bertz CT molecular complexity index is 609. The first-order valence-corrected chi connectivity index (χ1v) is 7.90. The molecule has 0 aromatic heterocycles. The molecule has 0 spiro atoms. The molecule has 2 rings (SSSR count). The number of carbonyl (C=O) groups excluding carboxylic acids is 1. The highest BCUT2D eigenvalue weighted by molar-refractivity contribution is 7.91. The van der Waals surface area contributed by atoms with E-state index in [1.54, 1.807) is 26.1 Å². The van der Waals surface area contributed by atoms with Crippen LogP contribution < -0.4 is 0 Å². The second-order valence-electron chi connectivity index (χ2n) is 4.92. The van der Waals surface area contributed by atoms with Crippen molar-refractivity contribution in [3.8, 4) is 5.75 Å². The lowest BCUT2D eigenvalue weighted by molar-refractivity contribution is 0.0746. The topological polar surface area (TPSA) is 74.7 Å². The number of carbonyl (C=O) groups is 1. The molecule has 1 aliphatic rings. The lowest BCUT2D eigenvalue weighted by Gasteiger charge is -2.24. The van der Waals surface area contributed by atoms with Crippen molar-refractivity contribution in [2.24, 2.45) is 0 Å². The first kappa shape index (κ1) is 13.9. The molecule has 1 aromatic rings. The Morgan fingerprint density at radius 2 is 2.11 bits per heavy atom. The summed E-state index contributed by atoms with van der Waals surface area (Å²) in [4.78, 5) is 13.8. The van der Waals surface area contributed by atoms with Gasteiger partial charge in [-0.2, -0.15) is 0 Å². The summed E-state index contributed by atoms with van der Waals surface area (Å²) >= 11 is 0. The van der Waals surface area contributed by atoms with E-state index >= 15 is 0 Å². The average molecular weight is 283 g/mol. The highest BCUT2D eigenvalue weighted by atomic mass is 32.2. The Morgan fingerprint density at radius 3 is 2.68 bits per heavy atom. The average Bonchev–Trinajstić information content (AvgIpc) is 2.71. The van der Waals surface area contributed by atoms with E-state index in [9.17, 15) is 18.3 Å². The Labute approximate surface area is 112 Å². The number of phenolic OH excluding ortho intramolecular Hbond substituents is 1. The summed E-state index contributed by atoms with van der Waals surface area (Å²) in [5, 5.41) is 9.61.